The van der Waals surface area contributed by atoms with E-state index in [9.17, 15) is 4.79 Å². The molecule has 0 aliphatic carbocycles. The molecule has 0 spiro atoms. The smallest absolute Gasteiger partial charge is 0.226 e. The van der Waals surface area contributed by atoms with Crippen molar-refractivity contribution in [2.75, 3.05) is 0 Å². The second-order valence-corrected chi connectivity index (χ2v) is 6.76. The standard InChI is InChI=1S/C22H17ClN2O2/c23-18-9-7-15(8-10-18)21-19(11-12-20(24)26)27-22(25-21)17-6-5-14-3-1-2-4-16(14)13-17/h1-10,13H,11-12H2,(H2,24,26). The van der Waals surface area contributed by atoms with Crippen LogP contribution in [0.2, 0.25) is 5.02 Å². The van der Waals surface area contributed by atoms with Gasteiger partial charge in [-0.3, -0.25) is 4.79 Å². The maximum absolute atomic E-state index is 11.2. The fourth-order valence-electron chi connectivity index (χ4n) is 3.04. The number of aromatic nitrogens is 1. The Hall–Kier alpha value is -3.11. The third kappa shape index (κ3) is 3.71. The van der Waals surface area contributed by atoms with Gasteiger partial charge in [-0.2, -0.15) is 0 Å². The number of nitrogens with zero attached hydrogens (tertiary/aromatic N) is 1. The van der Waals surface area contributed by atoms with E-state index in [0.29, 0.717) is 28.8 Å². The van der Waals surface area contributed by atoms with Crippen LogP contribution in [0.1, 0.15) is 12.2 Å². The van der Waals surface area contributed by atoms with Crippen molar-refractivity contribution >= 4 is 28.3 Å². The molecule has 0 unspecified atom stereocenters. The lowest BCUT2D eigenvalue weighted by molar-refractivity contribution is -0.118. The van der Waals surface area contributed by atoms with Crippen LogP contribution in [0.3, 0.4) is 0 Å². The van der Waals surface area contributed by atoms with Gasteiger partial charge in [-0.25, -0.2) is 4.98 Å². The molecule has 0 radical (unpaired) electrons. The molecule has 0 aliphatic heterocycles. The third-order valence-corrected chi connectivity index (χ3v) is 4.66. The molecule has 5 heteroatoms. The summed E-state index contributed by atoms with van der Waals surface area (Å²) in [5.74, 6) is 0.783. The third-order valence-electron chi connectivity index (χ3n) is 4.41. The fraction of sp³-hybridized carbons (Fsp3) is 0.0909. The van der Waals surface area contributed by atoms with E-state index in [2.05, 4.69) is 12.1 Å². The van der Waals surface area contributed by atoms with Crippen molar-refractivity contribution in [3.05, 3.63) is 77.5 Å². The molecule has 4 rings (SSSR count). The number of hydrogen-bond acceptors (Lipinski definition) is 3. The first kappa shape index (κ1) is 17.3. The van der Waals surface area contributed by atoms with Gasteiger partial charge in [0.2, 0.25) is 11.8 Å². The van der Waals surface area contributed by atoms with Crippen molar-refractivity contribution in [1.29, 1.82) is 0 Å². The first-order valence-electron chi connectivity index (χ1n) is 8.63. The molecule has 4 nitrogen and oxygen atoms in total. The molecule has 0 saturated heterocycles. The van der Waals surface area contributed by atoms with Gasteiger partial charge in [0.15, 0.2) is 0 Å². The van der Waals surface area contributed by atoms with E-state index >= 15 is 0 Å². The Morgan fingerprint density at radius 2 is 1.67 bits per heavy atom. The van der Waals surface area contributed by atoms with Crippen molar-refractivity contribution in [3.63, 3.8) is 0 Å². The monoisotopic (exact) mass is 376 g/mol. The molecular formula is C22H17ClN2O2. The lowest BCUT2D eigenvalue weighted by atomic mass is 10.1. The molecule has 0 saturated carbocycles. The summed E-state index contributed by atoms with van der Waals surface area (Å²) in [7, 11) is 0. The molecule has 0 atom stereocenters. The number of oxazole rings is 1. The Bertz CT molecular complexity index is 1120. The van der Waals surface area contributed by atoms with Crippen molar-refractivity contribution in [2.24, 2.45) is 5.73 Å². The average Bonchev–Trinajstić information content (AvgIpc) is 3.11. The van der Waals surface area contributed by atoms with Gasteiger partial charge >= 0.3 is 0 Å². The summed E-state index contributed by atoms with van der Waals surface area (Å²) in [4.78, 5) is 15.9. The number of halogens is 1. The number of carbonyl (C=O) groups excluding carboxylic acids is 1. The van der Waals surface area contributed by atoms with E-state index in [1.54, 1.807) is 12.1 Å². The molecule has 4 aromatic rings. The van der Waals surface area contributed by atoms with Gasteiger partial charge in [0, 0.05) is 29.0 Å². The Morgan fingerprint density at radius 3 is 2.41 bits per heavy atom. The Morgan fingerprint density at radius 1 is 0.963 bits per heavy atom. The van der Waals surface area contributed by atoms with Gasteiger partial charge in [0.1, 0.15) is 11.5 Å². The lowest BCUT2D eigenvalue weighted by Gasteiger charge is -2.00. The highest BCUT2D eigenvalue weighted by molar-refractivity contribution is 6.30. The largest absolute Gasteiger partial charge is 0.440 e. The van der Waals surface area contributed by atoms with E-state index in [1.807, 2.05) is 42.5 Å². The fourth-order valence-corrected chi connectivity index (χ4v) is 3.16. The minimum absolute atomic E-state index is 0.201. The zero-order valence-corrected chi connectivity index (χ0v) is 15.2. The van der Waals surface area contributed by atoms with Crippen LogP contribution in [0.25, 0.3) is 33.5 Å². The van der Waals surface area contributed by atoms with Gasteiger partial charge in [-0.15, -0.1) is 0 Å². The number of aryl methyl sites for hydroxylation is 1. The number of benzene rings is 3. The molecule has 134 valence electrons. The molecular weight excluding hydrogens is 360 g/mol. The molecule has 27 heavy (non-hydrogen) atoms. The first-order chi connectivity index (χ1) is 13.1. The lowest BCUT2D eigenvalue weighted by Crippen LogP contribution is -2.11. The number of carbonyl (C=O) groups is 1. The van der Waals surface area contributed by atoms with Crippen LogP contribution in [-0.4, -0.2) is 10.9 Å². The van der Waals surface area contributed by atoms with Crippen molar-refractivity contribution in [1.82, 2.24) is 4.98 Å². The molecule has 0 fully saturated rings. The zero-order valence-electron chi connectivity index (χ0n) is 14.5. The number of hydrogen-bond donors (Lipinski definition) is 1. The molecule has 1 amide bonds. The van der Waals surface area contributed by atoms with Crippen LogP contribution >= 0.6 is 11.6 Å². The highest BCUT2D eigenvalue weighted by atomic mass is 35.5. The van der Waals surface area contributed by atoms with E-state index in [4.69, 9.17) is 26.7 Å². The maximum atomic E-state index is 11.2. The number of amides is 1. The number of fused-ring (bicyclic) bond motifs is 1. The van der Waals surface area contributed by atoms with E-state index in [0.717, 1.165) is 21.9 Å². The van der Waals surface area contributed by atoms with Crippen LogP contribution in [0.5, 0.6) is 0 Å². The van der Waals surface area contributed by atoms with Crippen LogP contribution in [-0.2, 0) is 11.2 Å². The van der Waals surface area contributed by atoms with Gasteiger partial charge in [0.25, 0.3) is 0 Å². The summed E-state index contributed by atoms with van der Waals surface area (Å²) in [6.45, 7) is 0. The summed E-state index contributed by atoms with van der Waals surface area (Å²) in [6.07, 6.45) is 0.598. The Labute approximate surface area is 161 Å². The Kier molecular flexibility index (Phi) is 4.65. The maximum Gasteiger partial charge on any atom is 0.226 e. The zero-order chi connectivity index (χ0) is 18.8. The second kappa shape index (κ2) is 7.25. The predicted molar refractivity (Wildman–Crippen MR) is 107 cm³/mol. The van der Waals surface area contributed by atoms with Crippen LogP contribution in [0.4, 0.5) is 0 Å². The number of nitrogens with two attached hydrogens (primary N) is 1. The summed E-state index contributed by atoms with van der Waals surface area (Å²) in [5.41, 5.74) is 7.78. The quantitative estimate of drug-likeness (QED) is 0.518. The van der Waals surface area contributed by atoms with Crippen LogP contribution in [0, 0.1) is 0 Å². The van der Waals surface area contributed by atoms with Gasteiger partial charge < -0.3 is 10.2 Å². The van der Waals surface area contributed by atoms with Crippen molar-refractivity contribution in [3.8, 4) is 22.7 Å². The van der Waals surface area contributed by atoms with Crippen molar-refractivity contribution in [2.45, 2.75) is 12.8 Å². The Balaban J connectivity index is 1.79. The van der Waals surface area contributed by atoms with Crippen LogP contribution < -0.4 is 5.73 Å². The number of primary amides is 1. The second-order valence-electron chi connectivity index (χ2n) is 6.33. The number of rotatable bonds is 5. The summed E-state index contributed by atoms with van der Waals surface area (Å²) >= 11 is 5.99. The molecule has 0 bridgehead atoms. The van der Waals surface area contributed by atoms with Gasteiger partial charge in [-0.05, 0) is 35.0 Å². The minimum atomic E-state index is -0.374. The summed E-state index contributed by atoms with van der Waals surface area (Å²) < 4.78 is 6.03. The highest BCUT2D eigenvalue weighted by Gasteiger charge is 2.17. The van der Waals surface area contributed by atoms with Crippen LogP contribution in [0.15, 0.2) is 71.1 Å². The molecule has 1 aromatic heterocycles. The molecule has 3 aromatic carbocycles. The first-order valence-corrected chi connectivity index (χ1v) is 9.01. The van der Waals surface area contributed by atoms with E-state index in [1.165, 1.54) is 0 Å². The highest BCUT2D eigenvalue weighted by Crippen LogP contribution is 2.32. The molecule has 1 heterocycles. The average molecular weight is 377 g/mol. The predicted octanol–water partition coefficient (Wildman–Crippen LogP) is 5.23. The molecule has 2 N–H and O–H groups in total. The molecule has 0 aliphatic rings. The summed E-state index contributed by atoms with van der Waals surface area (Å²) in [5, 5.41) is 2.91. The normalized spacial score (nSPS) is 11.0. The van der Waals surface area contributed by atoms with E-state index in [-0.39, 0.29) is 12.3 Å². The van der Waals surface area contributed by atoms with Gasteiger partial charge in [0.05, 0.1) is 0 Å². The van der Waals surface area contributed by atoms with E-state index < -0.39 is 0 Å². The minimum Gasteiger partial charge on any atom is -0.440 e. The summed E-state index contributed by atoms with van der Waals surface area (Å²) in [6, 6.07) is 21.6. The van der Waals surface area contributed by atoms with Crippen molar-refractivity contribution < 1.29 is 9.21 Å². The SMILES string of the molecule is NC(=O)CCc1oc(-c2ccc3ccccc3c2)nc1-c1ccc(Cl)cc1. The van der Waals surface area contributed by atoms with Gasteiger partial charge in [-0.1, -0.05) is 54.1 Å². The topological polar surface area (TPSA) is 69.1 Å².